The van der Waals surface area contributed by atoms with Gasteiger partial charge in [-0.25, -0.2) is 4.79 Å². The van der Waals surface area contributed by atoms with Crippen LogP contribution in [0.3, 0.4) is 0 Å². The molecular formula is C12H15N3O3. The van der Waals surface area contributed by atoms with Crippen molar-refractivity contribution in [3.05, 3.63) is 39.9 Å². The highest BCUT2D eigenvalue weighted by molar-refractivity contribution is 5.74. The normalized spacial score (nSPS) is 14.0. The van der Waals surface area contributed by atoms with Gasteiger partial charge >= 0.3 is 6.03 Å². The third-order valence-corrected chi connectivity index (χ3v) is 2.76. The molecular weight excluding hydrogens is 234 g/mol. The molecule has 1 aromatic carbocycles. The van der Waals surface area contributed by atoms with E-state index in [4.69, 9.17) is 0 Å². The van der Waals surface area contributed by atoms with Crippen LogP contribution < -0.4 is 10.6 Å². The van der Waals surface area contributed by atoms with E-state index in [1.807, 2.05) is 0 Å². The van der Waals surface area contributed by atoms with Crippen LogP contribution >= 0.6 is 0 Å². The highest BCUT2D eigenvalue weighted by atomic mass is 16.6. The molecule has 2 N–H and O–H groups in total. The van der Waals surface area contributed by atoms with Gasteiger partial charge in [-0.1, -0.05) is 12.1 Å². The smallest absolute Gasteiger partial charge is 0.315 e. The molecule has 0 heterocycles. The molecule has 1 aliphatic carbocycles. The van der Waals surface area contributed by atoms with Crippen molar-refractivity contribution < 1.29 is 9.72 Å². The van der Waals surface area contributed by atoms with Crippen LogP contribution in [-0.4, -0.2) is 23.5 Å². The van der Waals surface area contributed by atoms with E-state index in [1.165, 1.54) is 12.1 Å². The number of nitrogens with zero attached hydrogens (tertiary/aromatic N) is 1. The van der Waals surface area contributed by atoms with E-state index in [0.717, 1.165) is 18.4 Å². The average molecular weight is 249 g/mol. The fourth-order valence-electron chi connectivity index (χ4n) is 1.57. The summed E-state index contributed by atoms with van der Waals surface area (Å²) < 4.78 is 0. The summed E-state index contributed by atoms with van der Waals surface area (Å²) in [6, 6.07) is 6.57. The van der Waals surface area contributed by atoms with Crippen molar-refractivity contribution in [1.82, 2.24) is 10.6 Å². The first kappa shape index (κ1) is 12.3. The van der Waals surface area contributed by atoms with Crippen molar-refractivity contribution in [2.24, 2.45) is 0 Å². The molecule has 1 fully saturated rings. The molecule has 1 saturated carbocycles. The van der Waals surface area contributed by atoms with Crippen LogP contribution in [-0.2, 0) is 6.42 Å². The summed E-state index contributed by atoms with van der Waals surface area (Å²) in [6.45, 7) is 0.524. The van der Waals surface area contributed by atoms with Crippen molar-refractivity contribution in [2.75, 3.05) is 6.54 Å². The second-order valence-corrected chi connectivity index (χ2v) is 4.35. The molecule has 0 atom stereocenters. The van der Waals surface area contributed by atoms with Gasteiger partial charge in [0, 0.05) is 24.7 Å². The minimum atomic E-state index is -0.425. The topological polar surface area (TPSA) is 84.3 Å². The molecule has 96 valence electrons. The molecule has 6 heteroatoms. The minimum absolute atomic E-state index is 0.0817. The maximum absolute atomic E-state index is 11.3. The predicted molar refractivity (Wildman–Crippen MR) is 66.4 cm³/mol. The van der Waals surface area contributed by atoms with Gasteiger partial charge in [-0.3, -0.25) is 10.1 Å². The van der Waals surface area contributed by atoms with Gasteiger partial charge in [-0.2, -0.15) is 0 Å². The number of non-ortho nitro benzene ring substituents is 1. The number of carbonyl (C=O) groups is 1. The van der Waals surface area contributed by atoms with E-state index < -0.39 is 4.92 Å². The molecule has 1 aromatic rings. The number of nitrogens with one attached hydrogen (secondary N) is 2. The zero-order valence-corrected chi connectivity index (χ0v) is 9.89. The van der Waals surface area contributed by atoms with Gasteiger partial charge in [0.1, 0.15) is 0 Å². The van der Waals surface area contributed by atoms with Gasteiger partial charge in [0.2, 0.25) is 0 Å². The number of rotatable bonds is 5. The first-order valence-corrected chi connectivity index (χ1v) is 5.93. The largest absolute Gasteiger partial charge is 0.338 e. The molecule has 2 amide bonds. The Balaban J connectivity index is 1.72. The maximum atomic E-state index is 11.3. The lowest BCUT2D eigenvalue weighted by Crippen LogP contribution is -2.37. The second kappa shape index (κ2) is 5.48. The Hall–Kier alpha value is -2.11. The maximum Gasteiger partial charge on any atom is 0.315 e. The predicted octanol–water partition coefficient (Wildman–Crippen LogP) is 1.60. The molecule has 2 rings (SSSR count). The van der Waals surface area contributed by atoms with Crippen LogP contribution in [0.4, 0.5) is 10.5 Å². The Labute approximate surface area is 105 Å². The molecule has 0 aromatic heterocycles. The van der Waals surface area contributed by atoms with Crippen molar-refractivity contribution >= 4 is 11.7 Å². The van der Waals surface area contributed by atoms with Gasteiger partial charge < -0.3 is 10.6 Å². The molecule has 0 bridgehead atoms. The van der Waals surface area contributed by atoms with Gasteiger partial charge in [0.25, 0.3) is 5.69 Å². The summed E-state index contributed by atoms with van der Waals surface area (Å²) in [5.74, 6) is 0. The highest BCUT2D eigenvalue weighted by Crippen LogP contribution is 2.18. The first-order chi connectivity index (χ1) is 8.65. The lowest BCUT2D eigenvalue weighted by molar-refractivity contribution is -0.384. The van der Waals surface area contributed by atoms with E-state index >= 15 is 0 Å². The summed E-state index contributed by atoms with van der Waals surface area (Å²) in [5, 5.41) is 16.0. The zero-order valence-electron chi connectivity index (χ0n) is 9.89. The molecule has 0 aliphatic heterocycles. The first-order valence-electron chi connectivity index (χ1n) is 5.93. The average Bonchev–Trinajstić information content (AvgIpc) is 3.13. The van der Waals surface area contributed by atoms with Crippen molar-refractivity contribution in [2.45, 2.75) is 25.3 Å². The molecule has 6 nitrogen and oxygen atoms in total. The molecule has 18 heavy (non-hydrogen) atoms. The van der Waals surface area contributed by atoms with Crippen LogP contribution in [0.15, 0.2) is 24.3 Å². The summed E-state index contributed by atoms with van der Waals surface area (Å²) in [5.41, 5.74) is 1.05. The number of carbonyl (C=O) groups excluding carboxylic acids is 1. The number of benzene rings is 1. The van der Waals surface area contributed by atoms with Gasteiger partial charge in [0.05, 0.1) is 4.92 Å². The summed E-state index contributed by atoms with van der Waals surface area (Å²) in [7, 11) is 0. The molecule has 0 saturated heterocycles. The fourth-order valence-corrected chi connectivity index (χ4v) is 1.57. The third kappa shape index (κ3) is 3.73. The van der Waals surface area contributed by atoms with Crippen LogP contribution in [0, 0.1) is 10.1 Å². The van der Waals surface area contributed by atoms with Crippen molar-refractivity contribution in [3.8, 4) is 0 Å². The highest BCUT2D eigenvalue weighted by Gasteiger charge is 2.22. The fraction of sp³-hybridized carbons (Fsp3) is 0.417. The Morgan fingerprint density at radius 1 is 1.33 bits per heavy atom. The number of hydrogen-bond donors (Lipinski definition) is 2. The van der Waals surface area contributed by atoms with Crippen LogP contribution in [0.1, 0.15) is 18.4 Å². The van der Waals surface area contributed by atoms with Gasteiger partial charge in [0.15, 0.2) is 0 Å². The molecule has 0 unspecified atom stereocenters. The zero-order chi connectivity index (χ0) is 13.0. The van der Waals surface area contributed by atoms with E-state index in [0.29, 0.717) is 19.0 Å². The monoisotopic (exact) mass is 249 g/mol. The standard InChI is InChI=1S/C12H15N3O3/c16-12(14-10-3-4-10)13-8-7-9-1-5-11(6-2-9)15(17)18/h1-2,5-6,10H,3-4,7-8H2,(H2,13,14,16). The minimum Gasteiger partial charge on any atom is -0.338 e. The quantitative estimate of drug-likeness (QED) is 0.614. The van der Waals surface area contributed by atoms with Crippen LogP contribution in [0.25, 0.3) is 0 Å². The lowest BCUT2D eigenvalue weighted by atomic mass is 10.1. The van der Waals surface area contributed by atoms with Crippen LogP contribution in [0.2, 0.25) is 0 Å². The summed E-state index contributed by atoms with van der Waals surface area (Å²) in [4.78, 5) is 21.4. The van der Waals surface area contributed by atoms with E-state index in [2.05, 4.69) is 10.6 Å². The van der Waals surface area contributed by atoms with E-state index in [9.17, 15) is 14.9 Å². The van der Waals surface area contributed by atoms with E-state index in [-0.39, 0.29) is 11.7 Å². The Morgan fingerprint density at radius 3 is 2.56 bits per heavy atom. The van der Waals surface area contributed by atoms with Gasteiger partial charge in [-0.05, 0) is 24.8 Å². The Bertz CT molecular complexity index is 440. The molecule has 1 aliphatic rings. The number of nitro benzene ring substituents is 1. The number of urea groups is 1. The SMILES string of the molecule is O=C(NCCc1ccc([N+](=O)[O-])cc1)NC1CC1. The lowest BCUT2D eigenvalue weighted by Gasteiger charge is -2.06. The Kier molecular flexibility index (Phi) is 3.76. The second-order valence-electron chi connectivity index (χ2n) is 4.35. The number of nitro groups is 1. The summed E-state index contributed by atoms with van der Waals surface area (Å²) >= 11 is 0. The van der Waals surface area contributed by atoms with Crippen molar-refractivity contribution in [1.29, 1.82) is 0 Å². The number of amides is 2. The van der Waals surface area contributed by atoms with Gasteiger partial charge in [-0.15, -0.1) is 0 Å². The molecule has 0 spiro atoms. The Morgan fingerprint density at radius 2 is 2.00 bits per heavy atom. The van der Waals surface area contributed by atoms with Crippen LogP contribution in [0.5, 0.6) is 0 Å². The number of hydrogen-bond acceptors (Lipinski definition) is 3. The van der Waals surface area contributed by atoms with Crippen molar-refractivity contribution in [3.63, 3.8) is 0 Å². The molecule has 0 radical (unpaired) electrons. The third-order valence-electron chi connectivity index (χ3n) is 2.76. The van der Waals surface area contributed by atoms with E-state index in [1.54, 1.807) is 12.1 Å². The summed E-state index contributed by atoms with van der Waals surface area (Å²) in [6.07, 6.45) is 2.79.